The van der Waals surface area contributed by atoms with E-state index in [0.29, 0.717) is 35.1 Å². The van der Waals surface area contributed by atoms with E-state index in [1.54, 1.807) is 29.9 Å². The van der Waals surface area contributed by atoms with Gasteiger partial charge in [-0.15, -0.1) is 10.2 Å². The third-order valence-corrected chi connectivity index (χ3v) is 6.66. The first-order valence-electron chi connectivity index (χ1n) is 12.6. The Hall–Kier alpha value is -3.93. The normalized spacial score (nSPS) is 16.9. The number of halogens is 2. The molecule has 1 aromatic carbocycles. The zero-order valence-corrected chi connectivity index (χ0v) is 22.4. The third-order valence-electron chi connectivity index (χ3n) is 6.37. The zero-order chi connectivity index (χ0) is 27.9. The molecule has 4 rings (SSSR count). The number of ether oxygens (including phenoxy) is 1. The summed E-state index contributed by atoms with van der Waals surface area (Å²) in [6, 6.07) is 7.69. The van der Waals surface area contributed by atoms with E-state index in [2.05, 4.69) is 31.0 Å². The number of nitrogens with one attached hydrogen (secondary N) is 2. The first-order chi connectivity index (χ1) is 18.7. The monoisotopic (exact) mass is 557 g/mol. The number of hydrogen-bond donors (Lipinski definition) is 2. The molecule has 1 fully saturated rings. The highest BCUT2D eigenvalue weighted by molar-refractivity contribution is 6.30. The molecule has 1 aliphatic carbocycles. The van der Waals surface area contributed by atoms with Gasteiger partial charge in [0.1, 0.15) is 11.5 Å². The minimum Gasteiger partial charge on any atom is -0.456 e. The van der Waals surface area contributed by atoms with Crippen molar-refractivity contribution >= 4 is 29.4 Å². The summed E-state index contributed by atoms with van der Waals surface area (Å²) >= 11 is 5.81. The average molecular weight is 558 g/mol. The molecule has 2 amide bonds. The number of pyridine rings is 1. The summed E-state index contributed by atoms with van der Waals surface area (Å²) in [5.74, 6) is -0.990. The molecule has 0 radical (unpaired) electrons. The maximum absolute atomic E-state index is 13.4. The molecule has 0 unspecified atom stereocenters. The largest absolute Gasteiger partial charge is 0.456 e. The second kappa shape index (κ2) is 12.7. The average Bonchev–Trinajstić information content (AvgIpc) is 3.37. The van der Waals surface area contributed by atoms with Crippen LogP contribution in [0.5, 0.6) is 0 Å². The van der Waals surface area contributed by atoms with Crippen LogP contribution in [0, 0.1) is 18.7 Å². The Morgan fingerprint density at radius 2 is 1.92 bits per heavy atom. The summed E-state index contributed by atoms with van der Waals surface area (Å²) in [5.41, 5.74) is 2.09. The van der Waals surface area contributed by atoms with E-state index in [1.165, 1.54) is 19.1 Å². The Balaban J connectivity index is 1.31. The summed E-state index contributed by atoms with van der Waals surface area (Å²) in [7, 11) is 0. The lowest BCUT2D eigenvalue weighted by molar-refractivity contribution is -0.146. The van der Waals surface area contributed by atoms with Crippen molar-refractivity contribution in [1.82, 2.24) is 35.8 Å². The Labute approximate surface area is 229 Å². The molecule has 0 spiro atoms. The lowest BCUT2D eigenvalue weighted by atomic mass is 9.86. The molecule has 13 heteroatoms. The SMILES string of the molecule is CC(=O)OCC(=O)N[C@H]1CC[C@H](Cn2nnc(-c3cc(C)nc(C(=O)NCc4ccc(F)c(Cl)c4)c3)n2)CC1. The molecule has 0 bridgehead atoms. The van der Waals surface area contributed by atoms with Gasteiger partial charge in [-0.2, -0.15) is 4.80 Å². The molecule has 0 aliphatic heterocycles. The van der Waals surface area contributed by atoms with Gasteiger partial charge < -0.3 is 15.4 Å². The maximum atomic E-state index is 13.4. The Bertz CT molecular complexity index is 1360. The fourth-order valence-electron chi connectivity index (χ4n) is 4.43. The van der Waals surface area contributed by atoms with Crippen molar-refractivity contribution in [2.75, 3.05) is 6.61 Å². The predicted molar refractivity (Wildman–Crippen MR) is 139 cm³/mol. The van der Waals surface area contributed by atoms with Crippen LogP contribution in [0.1, 0.15) is 54.4 Å². The number of aromatic nitrogens is 5. The van der Waals surface area contributed by atoms with Crippen LogP contribution in [0.15, 0.2) is 30.3 Å². The second-order valence-corrected chi connectivity index (χ2v) is 9.95. The van der Waals surface area contributed by atoms with Crippen LogP contribution >= 0.6 is 11.6 Å². The van der Waals surface area contributed by atoms with Crippen LogP contribution in [0.2, 0.25) is 5.02 Å². The molecule has 1 aliphatic rings. The first-order valence-corrected chi connectivity index (χ1v) is 13.0. The third kappa shape index (κ3) is 8.03. The fourth-order valence-corrected chi connectivity index (χ4v) is 4.63. The van der Waals surface area contributed by atoms with E-state index in [9.17, 15) is 18.8 Å². The second-order valence-electron chi connectivity index (χ2n) is 9.55. The summed E-state index contributed by atoms with van der Waals surface area (Å²) < 4.78 is 18.1. The fraction of sp³-hybridized carbons (Fsp3) is 0.423. The van der Waals surface area contributed by atoms with Crippen molar-refractivity contribution in [3.05, 3.63) is 58.1 Å². The number of tetrazole rings is 1. The van der Waals surface area contributed by atoms with Crippen molar-refractivity contribution in [1.29, 1.82) is 0 Å². The molecule has 11 nitrogen and oxygen atoms in total. The van der Waals surface area contributed by atoms with Crippen molar-refractivity contribution in [3.63, 3.8) is 0 Å². The van der Waals surface area contributed by atoms with Crippen LogP contribution in [0.25, 0.3) is 11.4 Å². The molecule has 2 aromatic heterocycles. The van der Waals surface area contributed by atoms with Crippen LogP contribution in [0.3, 0.4) is 0 Å². The molecular weight excluding hydrogens is 529 g/mol. The first kappa shape index (κ1) is 28.1. The predicted octanol–water partition coefficient (Wildman–Crippen LogP) is 3.00. The molecule has 206 valence electrons. The number of carbonyl (C=O) groups is 3. The number of aryl methyl sites for hydroxylation is 1. The zero-order valence-electron chi connectivity index (χ0n) is 21.6. The van der Waals surface area contributed by atoms with E-state index in [0.717, 1.165) is 25.7 Å². The molecule has 0 atom stereocenters. The van der Waals surface area contributed by atoms with Gasteiger partial charge in [0, 0.05) is 30.8 Å². The van der Waals surface area contributed by atoms with Gasteiger partial charge in [0.05, 0.1) is 11.6 Å². The van der Waals surface area contributed by atoms with Gasteiger partial charge in [-0.25, -0.2) is 9.37 Å². The van der Waals surface area contributed by atoms with Gasteiger partial charge in [-0.3, -0.25) is 14.4 Å². The molecule has 1 saturated carbocycles. The van der Waals surface area contributed by atoms with Gasteiger partial charge in [0.25, 0.3) is 11.8 Å². The van der Waals surface area contributed by atoms with E-state index in [1.807, 2.05) is 0 Å². The van der Waals surface area contributed by atoms with Gasteiger partial charge in [-0.05, 0) is 73.6 Å². The van der Waals surface area contributed by atoms with E-state index >= 15 is 0 Å². The van der Waals surface area contributed by atoms with Crippen LogP contribution < -0.4 is 10.6 Å². The molecule has 39 heavy (non-hydrogen) atoms. The summed E-state index contributed by atoms with van der Waals surface area (Å²) in [5, 5.41) is 18.5. The number of rotatable bonds is 9. The van der Waals surface area contributed by atoms with Gasteiger partial charge in [0.15, 0.2) is 6.61 Å². The topological polar surface area (TPSA) is 141 Å². The van der Waals surface area contributed by atoms with E-state index in [-0.39, 0.29) is 35.8 Å². The van der Waals surface area contributed by atoms with Crippen LogP contribution in [-0.2, 0) is 27.4 Å². The number of benzene rings is 1. The maximum Gasteiger partial charge on any atom is 0.303 e. The molecule has 2 N–H and O–H groups in total. The molecule has 0 saturated heterocycles. The van der Waals surface area contributed by atoms with Gasteiger partial charge >= 0.3 is 5.97 Å². The molecule has 2 heterocycles. The standard InChI is InChI=1S/C26H29ClFN7O4/c1-15-9-19(11-23(30-15)26(38)29-12-18-5-8-22(28)21(27)10-18)25-32-34-35(33-25)13-17-3-6-20(7-4-17)31-24(37)14-39-16(2)36/h5,8-11,17,20H,3-4,6-7,12-14H2,1-2H3,(H,29,38)(H,31,37)/t17-,20-. The highest BCUT2D eigenvalue weighted by Gasteiger charge is 2.24. The van der Waals surface area contributed by atoms with Crippen molar-refractivity contribution < 1.29 is 23.5 Å². The lowest BCUT2D eigenvalue weighted by Crippen LogP contribution is -2.40. The number of amides is 2. The highest BCUT2D eigenvalue weighted by Crippen LogP contribution is 2.26. The Morgan fingerprint density at radius 1 is 1.15 bits per heavy atom. The van der Waals surface area contributed by atoms with Crippen molar-refractivity contribution in [2.45, 2.75) is 58.7 Å². The molecular formula is C26H29ClFN7O4. The van der Waals surface area contributed by atoms with E-state index in [4.69, 9.17) is 16.3 Å². The van der Waals surface area contributed by atoms with E-state index < -0.39 is 17.7 Å². The summed E-state index contributed by atoms with van der Waals surface area (Å²) in [6.45, 7) is 3.52. The number of carbonyl (C=O) groups excluding carboxylic acids is 3. The lowest BCUT2D eigenvalue weighted by Gasteiger charge is -2.28. The highest BCUT2D eigenvalue weighted by atomic mass is 35.5. The van der Waals surface area contributed by atoms with Crippen LogP contribution in [-0.4, -0.2) is 55.6 Å². The smallest absolute Gasteiger partial charge is 0.303 e. The number of hydrogen-bond acceptors (Lipinski definition) is 8. The quantitative estimate of drug-likeness (QED) is 0.382. The summed E-state index contributed by atoms with van der Waals surface area (Å²) in [6.07, 6.45) is 3.38. The number of esters is 1. The number of nitrogens with zero attached hydrogens (tertiary/aromatic N) is 5. The van der Waals surface area contributed by atoms with Gasteiger partial charge in [-0.1, -0.05) is 17.7 Å². The molecule has 3 aromatic rings. The van der Waals surface area contributed by atoms with Gasteiger partial charge in [0.2, 0.25) is 5.82 Å². The van der Waals surface area contributed by atoms with Crippen molar-refractivity contribution in [3.8, 4) is 11.4 Å². The Morgan fingerprint density at radius 3 is 2.64 bits per heavy atom. The van der Waals surface area contributed by atoms with Crippen LogP contribution in [0.4, 0.5) is 4.39 Å². The minimum atomic E-state index is -0.522. The Kier molecular flexibility index (Phi) is 9.18. The minimum absolute atomic E-state index is 0.0112. The summed E-state index contributed by atoms with van der Waals surface area (Å²) in [4.78, 5) is 41.3. The van der Waals surface area contributed by atoms with Crippen molar-refractivity contribution in [2.24, 2.45) is 5.92 Å².